The summed E-state index contributed by atoms with van der Waals surface area (Å²) in [6, 6.07) is 5.60. The Kier molecular flexibility index (Phi) is 3.16. The maximum Gasteiger partial charge on any atom is 0.125 e. The lowest BCUT2D eigenvalue weighted by molar-refractivity contribution is 0.191. The summed E-state index contributed by atoms with van der Waals surface area (Å²) >= 11 is 0. The summed E-state index contributed by atoms with van der Waals surface area (Å²) in [5.74, 6) is 0.755. The number of pyridine rings is 1. The maximum absolute atomic E-state index is 9.85. The molecule has 84 valence electrons. The van der Waals surface area contributed by atoms with Crippen LogP contribution in [0.3, 0.4) is 0 Å². The summed E-state index contributed by atoms with van der Waals surface area (Å²) < 4.78 is 1.67. The average Bonchev–Trinajstić information content (AvgIpc) is 2.74. The molecule has 0 aromatic carbocycles. The van der Waals surface area contributed by atoms with Gasteiger partial charge < -0.3 is 10.4 Å². The van der Waals surface area contributed by atoms with Crippen molar-refractivity contribution in [1.82, 2.24) is 14.8 Å². The normalized spacial score (nSPS) is 12.4. The first-order valence-corrected chi connectivity index (χ1v) is 5.07. The van der Waals surface area contributed by atoms with E-state index in [2.05, 4.69) is 15.4 Å². The van der Waals surface area contributed by atoms with Gasteiger partial charge in [0.1, 0.15) is 5.82 Å². The number of nitrogens with zero attached hydrogens (tertiary/aromatic N) is 3. The molecule has 0 fully saturated rings. The number of nitrogens with one attached hydrogen (secondary N) is 1. The van der Waals surface area contributed by atoms with Gasteiger partial charge in [-0.05, 0) is 12.1 Å². The van der Waals surface area contributed by atoms with Crippen LogP contribution in [0, 0.1) is 0 Å². The van der Waals surface area contributed by atoms with Crippen LogP contribution in [0.5, 0.6) is 0 Å². The summed E-state index contributed by atoms with van der Waals surface area (Å²) in [5.41, 5.74) is 0.797. The molecule has 0 amide bonds. The molecule has 0 radical (unpaired) electrons. The molecule has 1 atom stereocenters. The third-order valence-electron chi connectivity index (χ3n) is 2.25. The molecule has 5 nitrogen and oxygen atoms in total. The Balaban J connectivity index is 1.91. The molecule has 2 aromatic rings. The molecule has 5 heteroatoms. The molecule has 0 aliphatic carbocycles. The first-order valence-electron chi connectivity index (χ1n) is 5.07. The fourth-order valence-electron chi connectivity index (χ4n) is 1.40. The minimum Gasteiger partial charge on any atom is -0.386 e. The zero-order chi connectivity index (χ0) is 11.4. The van der Waals surface area contributed by atoms with Crippen LogP contribution in [0.25, 0.3) is 0 Å². The molecule has 0 saturated heterocycles. The Hall–Kier alpha value is -1.88. The quantitative estimate of drug-likeness (QED) is 0.802. The van der Waals surface area contributed by atoms with Crippen LogP contribution in [0.2, 0.25) is 0 Å². The van der Waals surface area contributed by atoms with Crippen LogP contribution >= 0.6 is 0 Å². The minimum absolute atomic E-state index is 0.419. The highest BCUT2D eigenvalue weighted by Crippen LogP contribution is 2.11. The molecule has 0 saturated carbocycles. The minimum atomic E-state index is -0.573. The van der Waals surface area contributed by atoms with Gasteiger partial charge in [-0.1, -0.05) is 6.07 Å². The molecular formula is C11H14N4O. The van der Waals surface area contributed by atoms with E-state index in [-0.39, 0.29) is 0 Å². The largest absolute Gasteiger partial charge is 0.386 e. The smallest absolute Gasteiger partial charge is 0.125 e. The summed E-state index contributed by atoms with van der Waals surface area (Å²) in [6.07, 6.45) is 4.59. The standard InChI is InChI=1S/C11H14N4O/c1-15-8-9(6-14-15)10(16)7-13-11-4-2-3-5-12-11/h2-6,8,10,16H,7H2,1H3,(H,12,13). The van der Waals surface area contributed by atoms with E-state index in [4.69, 9.17) is 0 Å². The van der Waals surface area contributed by atoms with E-state index >= 15 is 0 Å². The summed E-state index contributed by atoms with van der Waals surface area (Å²) in [4.78, 5) is 4.11. The Morgan fingerprint density at radius 3 is 3.00 bits per heavy atom. The van der Waals surface area contributed by atoms with Gasteiger partial charge in [0, 0.05) is 31.5 Å². The number of aliphatic hydroxyl groups is 1. The van der Waals surface area contributed by atoms with Gasteiger partial charge in [-0.3, -0.25) is 4.68 Å². The summed E-state index contributed by atoms with van der Waals surface area (Å²) in [7, 11) is 1.82. The highest BCUT2D eigenvalue weighted by atomic mass is 16.3. The molecule has 1 unspecified atom stereocenters. The highest BCUT2D eigenvalue weighted by Gasteiger charge is 2.08. The van der Waals surface area contributed by atoms with Crippen LogP contribution in [-0.4, -0.2) is 26.4 Å². The van der Waals surface area contributed by atoms with Gasteiger partial charge in [0.2, 0.25) is 0 Å². The number of aliphatic hydroxyl groups excluding tert-OH is 1. The second-order valence-electron chi connectivity index (χ2n) is 3.56. The van der Waals surface area contributed by atoms with E-state index in [0.29, 0.717) is 6.54 Å². The predicted molar refractivity (Wildman–Crippen MR) is 60.9 cm³/mol. The topological polar surface area (TPSA) is 63.0 Å². The Bertz CT molecular complexity index is 440. The lowest BCUT2D eigenvalue weighted by Crippen LogP contribution is -2.12. The van der Waals surface area contributed by atoms with Crippen molar-refractivity contribution in [1.29, 1.82) is 0 Å². The molecule has 0 aliphatic heterocycles. The average molecular weight is 218 g/mol. The van der Waals surface area contributed by atoms with Crippen LogP contribution in [-0.2, 0) is 7.05 Å². The molecule has 2 aromatic heterocycles. The van der Waals surface area contributed by atoms with E-state index in [9.17, 15) is 5.11 Å². The number of rotatable bonds is 4. The Labute approximate surface area is 93.8 Å². The predicted octanol–water partition coefficient (Wildman–Crippen LogP) is 0.961. The second kappa shape index (κ2) is 4.76. The van der Waals surface area contributed by atoms with Crippen molar-refractivity contribution in [3.8, 4) is 0 Å². The maximum atomic E-state index is 9.85. The fourth-order valence-corrected chi connectivity index (χ4v) is 1.40. The van der Waals surface area contributed by atoms with E-state index in [1.807, 2.05) is 25.2 Å². The number of aromatic nitrogens is 3. The third-order valence-corrected chi connectivity index (χ3v) is 2.25. The van der Waals surface area contributed by atoms with Gasteiger partial charge in [0.15, 0.2) is 0 Å². The molecule has 0 bridgehead atoms. The zero-order valence-corrected chi connectivity index (χ0v) is 9.04. The van der Waals surface area contributed by atoms with E-state index in [1.165, 1.54) is 0 Å². The van der Waals surface area contributed by atoms with Crippen molar-refractivity contribution in [3.63, 3.8) is 0 Å². The van der Waals surface area contributed by atoms with Crippen molar-refractivity contribution < 1.29 is 5.11 Å². The van der Waals surface area contributed by atoms with Crippen molar-refractivity contribution in [3.05, 3.63) is 42.4 Å². The van der Waals surface area contributed by atoms with Gasteiger partial charge in [-0.25, -0.2) is 4.98 Å². The molecule has 0 spiro atoms. The van der Waals surface area contributed by atoms with E-state index in [0.717, 1.165) is 11.4 Å². The number of hydrogen-bond donors (Lipinski definition) is 2. The first kappa shape index (κ1) is 10.6. The van der Waals surface area contributed by atoms with Gasteiger partial charge >= 0.3 is 0 Å². The lowest BCUT2D eigenvalue weighted by Gasteiger charge is -2.10. The van der Waals surface area contributed by atoms with Crippen LogP contribution in [0.1, 0.15) is 11.7 Å². The van der Waals surface area contributed by atoms with Crippen LogP contribution in [0.15, 0.2) is 36.8 Å². The van der Waals surface area contributed by atoms with Crippen LogP contribution < -0.4 is 5.32 Å². The number of aryl methyl sites for hydroxylation is 1. The van der Waals surface area contributed by atoms with Gasteiger partial charge in [-0.15, -0.1) is 0 Å². The van der Waals surface area contributed by atoms with Crippen molar-refractivity contribution in [2.24, 2.45) is 7.05 Å². The molecule has 16 heavy (non-hydrogen) atoms. The van der Waals surface area contributed by atoms with Crippen molar-refractivity contribution in [2.45, 2.75) is 6.10 Å². The third kappa shape index (κ3) is 2.58. The second-order valence-corrected chi connectivity index (χ2v) is 3.56. The zero-order valence-electron chi connectivity index (χ0n) is 9.04. The molecule has 2 N–H and O–H groups in total. The number of anilines is 1. The van der Waals surface area contributed by atoms with E-state index < -0.39 is 6.10 Å². The lowest BCUT2D eigenvalue weighted by atomic mass is 10.2. The monoisotopic (exact) mass is 218 g/mol. The molecule has 2 heterocycles. The van der Waals surface area contributed by atoms with E-state index in [1.54, 1.807) is 23.3 Å². The highest BCUT2D eigenvalue weighted by molar-refractivity contribution is 5.33. The van der Waals surface area contributed by atoms with Gasteiger partial charge in [-0.2, -0.15) is 5.10 Å². The van der Waals surface area contributed by atoms with Gasteiger partial charge in [0.05, 0.1) is 12.3 Å². The number of hydrogen-bond acceptors (Lipinski definition) is 4. The SMILES string of the molecule is Cn1cc(C(O)CNc2ccccn2)cn1. The summed E-state index contributed by atoms with van der Waals surface area (Å²) in [6.45, 7) is 0.419. The summed E-state index contributed by atoms with van der Waals surface area (Å²) in [5, 5.41) is 16.9. The Morgan fingerprint density at radius 1 is 1.50 bits per heavy atom. The fraction of sp³-hybridized carbons (Fsp3) is 0.273. The van der Waals surface area contributed by atoms with Crippen LogP contribution in [0.4, 0.5) is 5.82 Å². The first-order chi connectivity index (χ1) is 7.75. The molecular weight excluding hydrogens is 204 g/mol. The van der Waals surface area contributed by atoms with Gasteiger partial charge in [0.25, 0.3) is 0 Å². The Morgan fingerprint density at radius 2 is 2.38 bits per heavy atom. The molecule has 2 rings (SSSR count). The van der Waals surface area contributed by atoms with Crippen molar-refractivity contribution in [2.75, 3.05) is 11.9 Å². The van der Waals surface area contributed by atoms with Crippen molar-refractivity contribution >= 4 is 5.82 Å². The molecule has 0 aliphatic rings.